The maximum atomic E-state index is 13.1. The molecule has 8 nitrogen and oxygen atoms in total. The van der Waals surface area contributed by atoms with E-state index in [9.17, 15) is 9.90 Å². The van der Waals surface area contributed by atoms with Gasteiger partial charge in [-0.1, -0.05) is 0 Å². The molecule has 27 heavy (non-hydrogen) atoms. The Morgan fingerprint density at radius 3 is 2.89 bits per heavy atom. The van der Waals surface area contributed by atoms with Crippen LogP contribution in [0.3, 0.4) is 0 Å². The average molecular weight is 434 g/mol. The van der Waals surface area contributed by atoms with E-state index in [0.29, 0.717) is 54.0 Å². The van der Waals surface area contributed by atoms with Crippen molar-refractivity contribution < 1.29 is 14.6 Å². The molecule has 2 atom stereocenters. The third-order valence-corrected chi connectivity index (χ3v) is 6.34. The summed E-state index contributed by atoms with van der Waals surface area (Å²) in [7, 11) is 0. The summed E-state index contributed by atoms with van der Waals surface area (Å²) in [6.07, 6.45) is 6.50. The minimum atomic E-state index is -0.634. The molecule has 0 bridgehead atoms. The van der Waals surface area contributed by atoms with E-state index in [2.05, 4.69) is 36.3 Å². The van der Waals surface area contributed by atoms with Crippen LogP contribution >= 0.6 is 15.9 Å². The number of nitrogens with zero attached hydrogens (tertiary/aromatic N) is 4. The van der Waals surface area contributed by atoms with Gasteiger partial charge in [-0.15, -0.1) is 0 Å². The summed E-state index contributed by atoms with van der Waals surface area (Å²) in [4.78, 5) is 21.7. The predicted molar refractivity (Wildman–Crippen MR) is 98.7 cm³/mol. The molecule has 3 aliphatic rings. The lowest BCUT2D eigenvalue weighted by molar-refractivity contribution is 0.0124. The summed E-state index contributed by atoms with van der Waals surface area (Å²) < 4.78 is 7.81. The van der Waals surface area contributed by atoms with Crippen molar-refractivity contribution in [2.75, 3.05) is 19.8 Å². The van der Waals surface area contributed by atoms with Crippen molar-refractivity contribution in [3.8, 4) is 5.82 Å². The van der Waals surface area contributed by atoms with Crippen molar-refractivity contribution in [2.45, 2.75) is 37.1 Å². The van der Waals surface area contributed by atoms with Crippen molar-refractivity contribution in [3.05, 3.63) is 33.9 Å². The smallest absolute Gasteiger partial charge is 0.272 e. The number of nitrogens with one attached hydrogen (secondary N) is 1. The molecule has 2 fully saturated rings. The number of hydrogen-bond acceptors (Lipinski definition) is 6. The van der Waals surface area contributed by atoms with E-state index >= 15 is 0 Å². The van der Waals surface area contributed by atoms with Gasteiger partial charge in [0, 0.05) is 24.7 Å². The first-order valence-corrected chi connectivity index (χ1v) is 10.0. The second kappa shape index (κ2) is 6.35. The molecule has 0 unspecified atom stereocenters. The third-order valence-electron chi connectivity index (χ3n) is 5.93. The number of aliphatic hydroxyl groups excluding tert-OH is 1. The highest BCUT2D eigenvalue weighted by atomic mass is 79.9. The Balaban J connectivity index is 1.50. The highest BCUT2D eigenvalue weighted by molar-refractivity contribution is 9.10. The molecule has 1 aliphatic heterocycles. The number of ether oxygens (including phenoxy) is 1. The van der Waals surface area contributed by atoms with Crippen LogP contribution in [0, 0.1) is 5.92 Å². The zero-order chi connectivity index (χ0) is 18.6. The normalized spacial score (nSPS) is 25.0. The van der Waals surface area contributed by atoms with Gasteiger partial charge in [0.1, 0.15) is 4.60 Å². The van der Waals surface area contributed by atoms with Crippen molar-refractivity contribution >= 4 is 21.8 Å². The Morgan fingerprint density at radius 1 is 1.37 bits per heavy atom. The number of amides is 1. The fourth-order valence-corrected chi connectivity index (χ4v) is 4.48. The van der Waals surface area contributed by atoms with Crippen molar-refractivity contribution in [1.29, 1.82) is 0 Å². The summed E-state index contributed by atoms with van der Waals surface area (Å²) >= 11 is 3.30. The lowest BCUT2D eigenvalue weighted by Gasteiger charge is -2.36. The zero-order valence-corrected chi connectivity index (χ0v) is 16.3. The molecular weight excluding hydrogens is 414 g/mol. The molecule has 9 heteroatoms. The van der Waals surface area contributed by atoms with Crippen LogP contribution in [0.5, 0.6) is 0 Å². The van der Waals surface area contributed by atoms with Crippen LogP contribution in [0.15, 0.2) is 17.0 Å². The molecule has 142 valence electrons. The molecule has 1 saturated heterocycles. The predicted octanol–water partition coefficient (Wildman–Crippen LogP) is 1.36. The summed E-state index contributed by atoms with van der Waals surface area (Å²) in [6.45, 7) is 0.965. The molecule has 0 aromatic carbocycles. The molecule has 1 saturated carbocycles. The highest BCUT2D eigenvalue weighted by Gasteiger charge is 2.50. The van der Waals surface area contributed by atoms with E-state index in [1.807, 2.05) is 0 Å². The van der Waals surface area contributed by atoms with Gasteiger partial charge in [-0.05, 0) is 47.5 Å². The second-order valence-corrected chi connectivity index (χ2v) is 8.45. The fraction of sp³-hybridized carbons (Fsp3) is 0.556. The topological polar surface area (TPSA) is 102 Å². The fourth-order valence-electron chi connectivity index (χ4n) is 4.27. The molecule has 2 aromatic rings. The van der Waals surface area contributed by atoms with Crippen LogP contribution in [0.2, 0.25) is 0 Å². The maximum absolute atomic E-state index is 13.1. The number of aromatic nitrogens is 4. The molecule has 5 rings (SSSR count). The maximum Gasteiger partial charge on any atom is 0.272 e. The SMILES string of the molecule is O=C(NC1(CO)CCOCC1)c1nn(-c2cnc(Br)cn2)c2c1C[C@H]1C[C@@H]21. The molecule has 0 radical (unpaired) electrons. The Kier molecular flexibility index (Phi) is 4.06. The first-order chi connectivity index (χ1) is 13.1. The second-order valence-electron chi connectivity index (χ2n) is 7.63. The third kappa shape index (κ3) is 2.88. The molecular formula is C18H20BrN5O3. The van der Waals surface area contributed by atoms with E-state index in [-0.39, 0.29) is 12.5 Å². The number of carbonyl (C=O) groups is 1. The Bertz CT molecular complexity index is 891. The molecule has 2 N–H and O–H groups in total. The van der Waals surface area contributed by atoms with E-state index in [4.69, 9.17) is 4.74 Å². The van der Waals surface area contributed by atoms with Gasteiger partial charge in [-0.3, -0.25) is 4.79 Å². The number of fused-ring (bicyclic) bond motifs is 3. The molecule has 3 heterocycles. The van der Waals surface area contributed by atoms with Crippen LogP contribution in [0.1, 0.15) is 46.9 Å². The van der Waals surface area contributed by atoms with Gasteiger partial charge < -0.3 is 15.2 Å². The molecule has 2 aliphatic carbocycles. The standard InChI is InChI=1S/C18H20BrN5O3/c19-13-7-21-14(8-20-13)24-16-11-5-10(11)6-12(16)15(23-24)17(26)22-18(9-25)1-3-27-4-2-18/h7-8,10-11,25H,1-6,9H2,(H,22,26)/t10-,11-/m1/s1. The number of hydrogen-bond donors (Lipinski definition) is 2. The minimum Gasteiger partial charge on any atom is -0.394 e. The minimum absolute atomic E-state index is 0.103. The van der Waals surface area contributed by atoms with Crippen molar-refractivity contribution in [2.24, 2.45) is 5.92 Å². The van der Waals surface area contributed by atoms with Crippen LogP contribution in [-0.2, 0) is 11.2 Å². The van der Waals surface area contributed by atoms with Crippen molar-refractivity contribution in [1.82, 2.24) is 25.1 Å². The molecule has 2 aromatic heterocycles. The van der Waals surface area contributed by atoms with Gasteiger partial charge in [0.15, 0.2) is 11.5 Å². The molecule has 0 spiro atoms. The van der Waals surface area contributed by atoms with Gasteiger partial charge in [0.05, 0.1) is 30.2 Å². The van der Waals surface area contributed by atoms with E-state index < -0.39 is 5.54 Å². The first-order valence-electron chi connectivity index (χ1n) is 9.21. The monoisotopic (exact) mass is 433 g/mol. The average Bonchev–Trinajstić information content (AvgIpc) is 3.19. The number of rotatable bonds is 4. The van der Waals surface area contributed by atoms with E-state index in [1.54, 1.807) is 17.1 Å². The van der Waals surface area contributed by atoms with Gasteiger partial charge in [0.25, 0.3) is 5.91 Å². The Morgan fingerprint density at radius 2 is 2.19 bits per heavy atom. The zero-order valence-electron chi connectivity index (χ0n) is 14.7. The van der Waals surface area contributed by atoms with Gasteiger partial charge in [0.2, 0.25) is 0 Å². The highest BCUT2D eigenvalue weighted by Crippen LogP contribution is 2.57. The van der Waals surface area contributed by atoms with Gasteiger partial charge in [-0.2, -0.15) is 5.10 Å². The Hall–Kier alpha value is -1.84. The lowest BCUT2D eigenvalue weighted by atomic mass is 9.90. The Labute approximate surface area is 164 Å². The van der Waals surface area contributed by atoms with Crippen LogP contribution in [-0.4, -0.2) is 56.1 Å². The molecule has 1 amide bonds. The lowest BCUT2D eigenvalue weighted by Crippen LogP contribution is -2.54. The van der Waals surface area contributed by atoms with Gasteiger partial charge in [-0.25, -0.2) is 14.6 Å². The summed E-state index contributed by atoms with van der Waals surface area (Å²) in [5.74, 6) is 1.44. The quantitative estimate of drug-likeness (QED) is 0.754. The van der Waals surface area contributed by atoms with Crippen LogP contribution in [0.25, 0.3) is 5.82 Å². The van der Waals surface area contributed by atoms with E-state index in [1.165, 1.54) is 0 Å². The van der Waals surface area contributed by atoms with Gasteiger partial charge >= 0.3 is 0 Å². The largest absolute Gasteiger partial charge is 0.394 e. The number of halogens is 1. The number of aliphatic hydroxyl groups is 1. The van der Waals surface area contributed by atoms with Crippen LogP contribution < -0.4 is 5.32 Å². The summed E-state index contributed by atoms with van der Waals surface area (Å²) in [5, 5.41) is 17.5. The van der Waals surface area contributed by atoms with E-state index in [0.717, 1.165) is 24.1 Å². The summed E-state index contributed by atoms with van der Waals surface area (Å²) in [6, 6.07) is 0. The van der Waals surface area contributed by atoms with Crippen LogP contribution in [0.4, 0.5) is 0 Å². The summed E-state index contributed by atoms with van der Waals surface area (Å²) in [5.41, 5.74) is 1.91. The number of carbonyl (C=O) groups excluding carboxylic acids is 1. The first kappa shape index (κ1) is 17.3. The van der Waals surface area contributed by atoms with Crippen molar-refractivity contribution in [3.63, 3.8) is 0 Å².